The van der Waals surface area contributed by atoms with E-state index in [9.17, 15) is 18.7 Å². The molecule has 1 aliphatic rings. The van der Waals surface area contributed by atoms with Crippen LogP contribution in [-0.4, -0.2) is 37.3 Å². The van der Waals surface area contributed by atoms with E-state index in [1.54, 1.807) is 28.0 Å². The average Bonchev–Trinajstić information content (AvgIpc) is 3.34. The quantitative estimate of drug-likeness (QED) is 0.575. The topological polar surface area (TPSA) is 67.6 Å². The first kappa shape index (κ1) is 23.7. The van der Waals surface area contributed by atoms with Crippen LogP contribution in [0.15, 0.2) is 71.8 Å². The predicted octanol–water partition coefficient (Wildman–Crippen LogP) is 4.73. The SMILES string of the molecule is CCC(C)(O)C(=O)N1Cc2cn(Sc3ccc(OC(F)F)cc3)nc2C1.c1ccccc1. The van der Waals surface area contributed by atoms with Gasteiger partial charge in [0, 0.05) is 35.1 Å². The molecular formula is C23H25F2N3O3S. The Morgan fingerprint density at radius 2 is 1.75 bits per heavy atom. The summed E-state index contributed by atoms with van der Waals surface area (Å²) in [5.41, 5.74) is 0.349. The number of carbonyl (C=O) groups is 1. The van der Waals surface area contributed by atoms with Gasteiger partial charge in [-0.05, 0) is 37.6 Å². The molecule has 1 N–H and O–H groups in total. The van der Waals surface area contributed by atoms with Gasteiger partial charge in [0.05, 0.1) is 12.2 Å². The maximum atomic E-state index is 12.3. The molecule has 170 valence electrons. The van der Waals surface area contributed by atoms with Crippen LogP contribution < -0.4 is 4.74 Å². The highest BCUT2D eigenvalue weighted by Gasteiger charge is 2.36. The molecule has 1 amide bonds. The van der Waals surface area contributed by atoms with Gasteiger partial charge in [0.15, 0.2) is 0 Å². The first-order valence-electron chi connectivity index (χ1n) is 10.1. The Labute approximate surface area is 189 Å². The Hall–Kier alpha value is -2.91. The number of halogens is 2. The summed E-state index contributed by atoms with van der Waals surface area (Å²) in [4.78, 5) is 14.7. The first-order chi connectivity index (χ1) is 15.3. The van der Waals surface area contributed by atoms with Crippen LogP contribution in [0.5, 0.6) is 5.75 Å². The second-order valence-electron chi connectivity index (χ2n) is 7.39. The molecule has 4 rings (SSSR count). The number of alkyl halides is 2. The number of rotatable bonds is 6. The zero-order valence-corrected chi connectivity index (χ0v) is 18.6. The number of ether oxygens (including phenoxy) is 1. The predicted molar refractivity (Wildman–Crippen MR) is 118 cm³/mol. The summed E-state index contributed by atoms with van der Waals surface area (Å²) in [5.74, 6) is -0.198. The number of aliphatic hydroxyl groups is 1. The van der Waals surface area contributed by atoms with Crippen LogP contribution in [0.4, 0.5) is 8.78 Å². The van der Waals surface area contributed by atoms with Gasteiger partial charge < -0.3 is 14.7 Å². The molecule has 0 bridgehead atoms. The molecule has 0 radical (unpaired) electrons. The van der Waals surface area contributed by atoms with Crippen LogP contribution in [0, 0.1) is 0 Å². The summed E-state index contributed by atoms with van der Waals surface area (Å²) < 4.78 is 30.3. The Balaban J connectivity index is 0.000000416. The lowest BCUT2D eigenvalue weighted by molar-refractivity contribution is -0.150. The summed E-state index contributed by atoms with van der Waals surface area (Å²) in [6.45, 7) is 1.21. The van der Waals surface area contributed by atoms with Crippen molar-refractivity contribution in [2.24, 2.45) is 0 Å². The molecule has 6 nitrogen and oxygen atoms in total. The number of hydrogen-bond acceptors (Lipinski definition) is 5. The molecule has 0 fully saturated rings. The molecule has 0 spiro atoms. The first-order valence-corrected chi connectivity index (χ1v) is 10.9. The Bertz CT molecular complexity index is 961. The van der Waals surface area contributed by atoms with Crippen molar-refractivity contribution in [2.75, 3.05) is 0 Å². The smallest absolute Gasteiger partial charge is 0.387 e. The fourth-order valence-electron chi connectivity index (χ4n) is 2.98. The number of nitrogens with zero attached hydrogens (tertiary/aromatic N) is 3. The lowest BCUT2D eigenvalue weighted by atomic mass is 10.0. The highest BCUT2D eigenvalue weighted by atomic mass is 32.2. The second kappa shape index (κ2) is 10.6. The molecule has 1 unspecified atom stereocenters. The number of benzene rings is 2. The monoisotopic (exact) mass is 461 g/mol. The second-order valence-corrected chi connectivity index (χ2v) is 8.42. The molecule has 2 heterocycles. The van der Waals surface area contributed by atoms with E-state index < -0.39 is 12.2 Å². The van der Waals surface area contributed by atoms with Crippen molar-refractivity contribution in [3.63, 3.8) is 0 Å². The van der Waals surface area contributed by atoms with E-state index >= 15 is 0 Å². The molecule has 1 aromatic heterocycles. The van der Waals surface area contributed by atoms with Gasteiger partial charge in [0.1, 0.15) is 11.4 Å². The maximum absolute atomic E-state index is 12.3. The molecule has 9 heteroatoms. The fraction of sp³-hybridized carbons (Fsp3) is 0.304. The summed E-state index contributed by atoms with van der Waals surface area (Å²) in [7, 11) is 0. The molecule has 0 aliphatic carbocycles. The van der Waals surface area contributed by atoms with Crippen molar-refractivity contribution < 1.29 is 23.4 Å². The summed E-state index contributed by atoms with van der Waals surface area (Å²) in [5, 5.41) is 14.6. The lowest BCUT2D eigenvalue weighted by Gasteiger charge is -2.26. The van der Waals surface area contributed by atoms with Gasteiger partial charge in [0.25, 0.3) is 5.91 Å². The normalized spacial score (nSPS) is 14.4. The third kappa shape index (κ3) is 6.30. The molecule has 3 aromatic rings. The fourth-order valence-corrected chi connectivity index (χ4v) is 3.78. The number of aromatic nitrogens is 2. The van der Waals surface area contributed by atoms with Crippen LogP contribution in [0.3, 0.4) is 0 Å². The van der Waals surface area contributed by atoms with Crippen molar-refractivity contribution in [3.8, 4) is 5.75 Å². The average molecular weight is 462 g/mol. The van der Waals surface area contributed by atoms with Crippen molar-refractivity contribution in [2.45, 2.75) is 50.5 Å². The number of hydrogen-bond donors (Lipinski definition) is 1. The van der Waals surface area contributed by atoms with Gasteiger partial charge in [-0.3, -0.25) is 4.79 Å². The third-order valence-corrected chi connectivity index (χ3v) is 5.77. The molecule has 0 saturated heterocycles. The van der Waals surface area contributed by atoms with E-state index in [0.29, 0.717) is 19.5 Å². The Morgan fingerprint density at radius 3 is 2.25 bits per heavy atom. The highest BCUT2D eigenvalue weighted by molar-refractivity contribution is 7.97. The van der Waals surface area contributed by atoms with E-state index in [1.807, 2.05) is 42.6 Å². The molecular weight excluding hydrogens is 436 g/mol. The Kier molecular flexibility index (Phi) is 7.87. The van der Waals surface area contributed by atoms with Crippen LogP contribution in [0.2, 0.25) is 0 Å². The molecule has 2 aromatic carbocycles. The maximum Gasteiger partial charge on any atom is 0.387 e. The molecule has 1 aliphatic heterocycles. The molecule has 1 atom stereocenters. The number of carbonyl (C=O) groups excluding carboxylic acids is 1. The minimum Gasteiger partial charge on any atom is -0.435 e. The minimum atomic E-state index is -2.85. The zero-order valence-electron chi connectivity index (χ0n) is 17.8. The van der Waals surface area contributed by atoms with Gasteiger partial charge >= 0.3 is 6.61 Å². The molecule has 32 heavy (non-hydrogen) atoms. The molecule has 0 saturated carbocycles. The summed E-state index contributed by atoms with van der Waals surface area (Å²) >= 11 is 1.33. The zero-order chi connectivity index (χ0) is 23.1. The van der Waals surface area contributed by atoms with Gasteiger partial charge in [0.2, 0.25) is 0 Å². The Morgan fingerprint density at radius 1 is 1.16 bits per heavy atom. The summed E-state index contributed by atoms with van der Waals surface area (Å²) in [6.07, 6.45) is 2.18. The van der Waals surface area contributed by atoms with Gasteiger partial charge in [-0.2, -0.15) is 13.9 Å². The van der Waals surface area contributed by atoms with Crippen LogP contribution in [0.1, 0.15) is 31.5 Å². The van der Waals surface area contributed by atoms with Crippen LogP contribution in [-0.2, 0) is 17.9 Å². The van der Waals surface area contributed by atoms with E-state index in [0.717, 1.165) is 16.2 Å². The van der Waals surface area contributed by atoms with Crippen molar-refractivity contribution in [3.05, 3.63) is 78.1 Å². The van der Waals surface area contributed by atoms with Gasteiger partial charge in [-0.25, -0.2) is 4.09 Å². The van der Waals surface area contributed by atoms with E-state index in [1.165, 1.54) is 31.0 Å². The van der Waals surface area contributed by atoms with Crippen LogP contribution >= 0.6 is 11.9 Å². The van der Waals surface area contributed by atoms with E-state index in [4.69, 9.17) is 0 Å². The van der Waals surface area contributed by atoms with Crippen molar-refractivity contribution >= 4 is 17.9 Å². The minimum absolute atomic E-state index is 0.101. The van der Waals surface area contributed by atoms with Crippen molar-refractivity contribution in [1.29, 1.82) is 0 Å². The van der Waals surface area contributed by atoms with Gasteiger partial charge in [-0.15, -0.1) is 0 Å². The standard InChI is InChI=1S/C17H19F2N3O3S.C6H6/c1-3-17(2,24)15(23)21-8-11-9-22(20-14(11)10-21)26-13-6-4-12(5-7-13)25-16(18)19;1-2-4-6-5-3-1/h4-7,9,16,24H,3,8,10H2,1-2H3;1-6H. The summed E-state index contributed by atoms with van der Waals surface area (Å²) in [6, 6.07) is 18.3. The van der Waals surface area contributed by atoms with Crippen LogP contribution in [0.25, 0.3) is 0 Å². The van der Waals surface area contributed by atoms with Gasteiger partial charge in [-0.1, -0.05) is 43.3 Å². The third-order valence-electron chi connectivity index (χ3n) is 4.91. The number of fused-ring (bicyclic) bond motifs is 1. The number of amides is 1. The van der Waals surface area contributed by atoms with Crippen molar-refractivity contribution in [1.82, 2.24) is 14.1 Å². The van der Waals surface area contributed by atoms with E-state index in [-0.39, 0.29) is 11.7 Å². The highest BCUT2D eigenvalue weighted by Crippen LogP contribution is 2.29. The van der Waals surface area contributed by atoms with E-state index in [2.05, 4.69) is 9.84 Å². The largest absolute Gasteiger partial charge is 0.435 e. The lowest BCUT2D eigenvalue weighted by Crippen LogP contribution is -2.44.